The van der Waals surface area contributed by atoms with E-state index in [1.54, 1.807) is 0 Å². The lowest BCUT2D eigenvalue weighted by Gasteiger charge is -2.27. The highest BCUT2D eigenvalue weighted by Crippen LogP contribution is 2.49. The fourth-order valence-electron chi connectivity index (χ4n) is 4.09. The normalized spacial score (nSPS) is 14.6. The first kappa shape index (κ1) is 26.7. The fourth-order valence-corrected chi connectivity index (χ4v) is 6.07. The van der Waals surface area contributed by atoms with E-state index in [2.05, 4.69) is 42.1 Å². The Labute approximate surface area is 251 Å². The largest absolute Gasteiger partial charge is 0.421 e. The second-order valence-electron chi connectivity index (χ2n) is 8.26. The van der Waals surface area contributed by atoms with E-state index in [-0.39, 0.29) is 0 Å². The maximum absolute atomic E-state index is 6.50. The van der Waals surface area contributed by atoms with Crippen molar-refractivity contribution in [2.75, 3.05) is 0 Å². The lowest BCUT2D eigenvalue weighted by Crippen LogP contribution is -2.23. The number of aromatic nitrogens is 2. The summed E-state index contributed by atoms with van der Waals surface area (Å²) in [5, 5.41) is 11.4. The van der Waals surface area contributed by atoms with E-state index in [0.29, 0.717) is 31.9 Å². The Bertz CT molecular complexity index is 1440. The molecule has 0 N–H and O–H groups in total. The summed E-state index contributed by atoms with van der Waals surface area (Å²) >= 11 is 33.0. The molecular weight excluding hydrogens is 682 g/mol. The van der Waals surface area contributed by atoms with E-state index < -0.39 is 8.65 Å². The smallest absolute Gasteiger partial charge is 0.242 e. The molecule has 4 aromatic carbocycles. The van der Waals surface area contributed by atoms with Crippen LogP contribution in [0.4, 0.5) is 0 Å². The van der Waals surface area contributed by atoms with Gasteiger partial charge in [-0.05, 0) is 70.8 Å². The Kier molecular flexibility index (Phi) is 7.75. The van der Waals surface area contributed by atoms with Crippen LogP contribution in [0, 0.1) is 0 Å². The molecule has 0 fully saturated rings. The summed E-state index contributed by atoms with van der Waals surface area (Å²) in [6, 6.07) is 29.8. The second-order valence-corrected chi connectivity index (χ2v) is 12.4. The summed E-state index contributed by atoms with van der Waals surface area (Å²) in [5.74, 6) is 0.624. The lowest BCUT2D eigenvalue weighted by atomic mass is 9.90. The molecule has 37 heavy (non-hydrogen) atoms. The van der Waals surface area contributed by atoms with Crippen molar-refractivity contribution in [1.29, 1.82) is 0 Å². The van der Waals surface area contributed by atoms with Gasteiger partial charge in [0, 0.05) is 20.1 Å². The highest BCUT2D eigenvalue weighted by Gasteiger charge is 2.44. The fraction of sp³-hybridized carbons (Fsp3) is 0.0714. The van der Waals surface area contributed by atoms with Crippen LogP contribution in [0.5, 0.6) is 0 Å². The molecule has 0 aliphatic carbocycles. The first-order chi connectivity index (χ1) is 17.7. The van der Waals surface area contributed by atoms with Gasteiger partial charge in [0.05, 0.1) is 0 Å². The van der Waals surface area contributed by atoms with E-state index in [9.17, 15) is 0 Å². The number of benzene rings is 4. The Balaban J connectivity index is 1.72. The summed E-state index contributed by atoms with van der Waals surface area (Å²) in [6.07, 6.45) is 0. The molecule has 1 aromatic heterocycles. The number of nitrogens with zero attached hydrogens (tertiary/aromatic N) is 2. The van der Waals surface area contributed by atoms with E-state index >= 15 is 0 Å². The number of alkyl halides is 2. The van der Waals surface area contributed by atoms with Crippen LogP contribution in [0.15, 0.2) is 101 Å². The van der Waals surface area contributed by atoms with E-state index in [1.807, 2.05) is 97.1 Å². The summed E-state index contributed by atoms with van der Waals surface area (Å²) in [7, 11) is 0. The van der Waals surface area contributed by atoms with Gasteiger partial charge in [-0.2, -0.15) is 0 Å². The average Bonchev–Trinajstić information content (AvgIpc) is 3.40. The number of rotatable bonds is 6. The molecule has 2 atom stereocenters. The minimum Gasteiger partial charge on any atom is -0.421 e. The van der Waals surface area contributed by atoms with Crippen molar-refractivity contribution in [3.63, 3.8) is 0 Å². The third kappa shape index (κ3) is 5.10. The standard InChI is InChI=1S/C28H16Br2Cl4N2O/c29-27(17-7-11-21(31)12-8-17,19-3-1-5-23(33)15-19)25-35-36-26(37-25)28(30,18-9-13-22(32)14-10-18)20-4-2-6-24(34)16-20/h1-16H/t27-,28+. The van der Waals surface area contributed by atoms with Gasteiger partial charge >= 0.3 is 0 Å². The summed E-state index contributed by atoms with van der Waals surface area (Å²) in [6.45, 7) is 0. The zero-order valence-electron chi connectivity index (χ0n) is 18.8. The molecule has 5 rings (SSSR count). The van der Waals surface area contributed by atoms with Crippen molar-refractivity contribution in [2.45, 2.75) is 8.65 Å². The molecule has 0 spiro atoms. The van der Waals surface area contributed by atoms with Gasteiger partial charge in [-0.3, -0.25) is 0 Å². The van der Waals surface area contributed by atoms with Crippen LogP contribution in [0.2, 0.25) is 20.1 Å². The summed E-state index contributed by atoms with van der Waals surface area (Å²) in [5.41, 5.74) is 3.30. The zero-order valence-corrected chi connectivity index (χ0v) is 25.0. The first-order valence-electron chi connectivity index (χ1n) is 11.0. The highest BCUT2D eigenvalue weighted by atomic mass is 79.9. The Morgan fingerprint density at radius 1 is 0.486 bits per heavy atom. The molecule has 3 nitrogen and oxygen atoms in total. The van der Waals surface area contributed by atoms with Crippen LogP contribution in [-0.4, -0.2) is 10.2 Å². The lowest BCUT2D eigenvalue weighted by molar-refractivity contribution is 0.425. The van der Waals surface area contributed by atoms with Gasteiger partial charge in [0.2, 0.25) is 11.8 Å². The highest BCUT2D eigenvalue weighted by molar-refractivity contribution is 9.10. The van der Waals surface area contributed by atoms with Crippen LogP contribution in [0.25, 0.3) is 0 Å². The maximum Gasteiger partial charge on any atom is 0.242 e. The summed E-state index contributed by atoms with van der Waals surface area (Å²) < 4.78 is 4.50. The Hall–Kier alpha value is -1.86. The molecule has 0 amide bonds. The molecule has 186 valence electrons. The quantitative estimate of drug-likeness (QED) is 0.166. The van der Waals surface area contributed by atoms with Gasteiger partial charge in [-0.25, -0.2) is 0 Å². The van der Waals surface area contributed by atoms with Gasteiger partial charge in [0.1, 0.15) is 0 Å². The molecule has 0 bridgehead atoms. The Morgan fingerprint density at radius 2 is 0.865 bits per heavy atom. The van der Waals surface area contributed by atoms with E-state index in [0.717, 1.165) is 22.3 Å². The topological polar surface area (TPSA) is 38.9 Å². The van der Waals surface area contributed by atoms with Crippen molar-refractivity contribution in [3.8, 4) is 0 Å². The summed E-state index contributed by atoms with van der Waals surface area (Å²) in [4.78, 5) is 0. The Morgan fingerprint density at radius 3 is 1.22 bits per heavy atom. The van der Waals surface area contributed by atoms with Crippen molar-refractivity contribution in [3.05, 3.63) is 151 Å². The van der Waals surface area contributed by atoms with Crippen LogP contribution in [0.3, 0.4) is 0 Å². The van der Waals surface area contributed by atoms with Crippen LogP contribution < -0.4 is 0 Å². The molecule has 0 radical (unpaired) electrons. The zero-order chi connectivity index (χ0) is 26.2. The van der Waals surface area contributed by atoms with Crippen molar-refractivity contribution >= 4 is 78.3 Å². The minimum atomic E-state index is -1.00. The SMILES string of the molecule is Clc1ccc([C@@](Br)(c2cccc(Cl)c2)c2nnc([C@](Br)(c3ccc(Cl)cc3)c3cccc(Cl)c3)o2)cc1. The number of hydrogen-bond acceptors (Lipinski definition) is 3. The van der Waals surface area contributed by atoms with Gasteiger partial charge < -0.3 is 4.42 Å². The van der Waals surface area contributed by atoms with Crippen LogP contribution in [-0.2, 0) is 8.65 Å². The molecular formula is C28H16Br2Cl4N2O. The molecule has 0 unspecified atom stereocenters. The molecule has 5 aromatic rings. The minimum absolute atomic E-state index is 0.312. The van der Waals surface area contributed by atoms with Gasteiger partial charge in [0.15, 0.2) is 8.65 Å². The van der Waals surface area contributed by atoms with Crippen molar-refractivity contribution in [1.82, 2.24) is 10.2 Å². The number of halogens is 6. The van der Waals surface area contributed by atoms with Crippen molar-refractivity contribution < 1.29 is 4.42 Å². The van der Waals surface area contributed by atoms with Crippen LogP contribution >= 0.6 is 78.3 Å². The monoisotopic (exact) mass is 694 g/mol. The van der Waals surface area contributed by atoms with Gasteiger partial charge in [-0.1, -0.05) is 127 Å². The number of hydrogen-bond donors (Lipinski definition) is 0. The maximum atomic E-state index is 6.50. The van der Waals surface area contributed by atoms with E-state index in [4.69, 9.17) is 50.8 Å². The molecule has 9 heteroatoms. The first-order valence-corrected chi connectivity index (χ1v) is 14.1. The van der Waals surface area contributed by atoms with Gasteiger partial charge in [-0.15, -0.1) is 10.2 Å². The average molecular weight is 698 g/mol. The van der Waals surface area contributed by atoms with Crippen LogP contribution in [0.1, 0.15) is 34.0 Å². The molecule has 0 aliphatic rings. The molecule has 0 aliphatic heterocycles. The third-order valence-electron chi connectivity index (χ3n) is 5.94. The predicted molar refractivity (Wildman–Crippen MR) is 158 cm³/mol. The second kappa shape index (κ2) is 10.7. The predicted octanol–water partition coefficient (Wildman–Crippen LogP) is 10.1. The molecule has 1 heterocycles. The molecule has 0 saturated carbocycles. The van der Waals surface area contributed by atoms with Crippen molar-refractivity contribution in [2.24, 2.45) is 0 Å². The molecule has 0 saturated heterocycles. The third-order valence-corrected chi connectivity index (χ3v) is 9.43. The van der Waals surface area contributed by atoms with Gasteiger partial charge in [0.25, 0.3) is 0 Å². The van der Waals surface area contributed by atoms with E-state index in [1.165, 1.54) is 0 Å².